The topological polar surface area (TPSA) is 95.9 Å². The van der Waals surface area contributed by atoms with Crippen molar-refractivity contribution in [3.8, 4) is 0 Å². The summed E-state index contributed by atoms with van der Waals surface area (Å²) in [5.74, 6) is -4.09. The minimum atomic E-state index is -4.31. The first-order valence-corrected chi connectivity index (χ1v) is 17.5. The first kappa shape index (κ1) is 35.2. The van der Waals surface area contributed by atoms with Gasteiger partial charge in [0.05, 0.1) is 30.0 Å². The molecule has 1 aliphatic heterocycles. The van der Waals surface area contributed by atoms with Crippen molar-refractivity contribution in [2.45, 2.75) is 82.8 Å². The number of benzene rings is 3. The van der Waals surface area contributed by atoms with E-state index in [9.17, 15) is 31.5 Å². The van der Waals surface area contributed by atoms with Crippen molar-refractivity contribution in [1.29, 1.82) is 0 Å². The molecule has 1 aliphatic rings. The Hall–Kier alpha value is -2.68. The van der Waals surface area contributed by atoms with Crippen LogP contribution >= 0.6 is 22.6 Å². The fraction of sp³-hybridized carbons (Fsp3) is 0.424. The van der Waals surface area contributed by atoms with Crippen LogP contribution in [0.3, 0.4) is 0 Å². The van der Waals surface area contributed by atoms with Crippen LogP contribution in [0.15, 0.2) is 47.4 Å². The number of carbonyl (C=O) groups excluding carboxylic acids is 1. The third-order valence-electron chi connectivity index (χ3n) is 7.89. The maximum absolute atomic E-state index is 14.9. The van der Waals surface area contributed by atoms with Crippen LogP contribution in [0.2, 0.25) is 0 Å². The van der Waals surface area contributed by atoms with E-state index in [1.165, 1.54) is 24.0 Å². The molecular weight excluding hydrogens is 720 g/mol. The van der Waals surface area contributed by atoms with Crippen LogP contribution in [0.4, 0.5) is 24.5 Å². The van der Waals surface area contributed by atoms with Crippen molar-refractivity contribution in [3.05, 3.63) is 85.7 Å². The van der Waals surface area contributed by atoms with Crippen molar-refractivity contribution >= 4 is 50.0 Å². The smallest absolute Gasteiger partial charge is 0.297 e. The molecule has 0 aliphatic carbocycles. The third-order valence-corrected chi connectivity index (χ3v) is 10.1. The molecule has 0 saturated carbocycles. The minimum absolute atomic E-state index is 0.133. The average Bonchev–Trinajstić information content (AvgIpc) is 2.94. The molecule has 1 heterocycles. The number of amides is 1. The molecule has 2 N–H and O–H groups in total. The Morgan fingerprint density at radius 3 is 2.13 bits per heavy atom. The second-order valence-electron chi connectivity index (χ2n) is 11.5. The van der Waals surface area contributed by atoms with Gasteiger partial charge >= 0.3 is 0 Å². The first-order chi connectivity index (χ1) is 21.2. The number of carbonyl (C=O) groups is 1. The summed E-state index contributed by atoms with van der Waals surface area (Å²) in [5.41, 5.74) is -0.293. The number of rotatable bonds is 13. The molecule has 0 spiro atoms. The van der Waals surface area contributed by atoms with Crippen molar-refractivity contribution < 1.29 is 35.7 Å². The molecule has 0 bridgehead atoms. The van der Waals surface area contributed by atoms with E-state index in [0.717, 1.165) is 43.4 Å². The Labute approximate surface area is 276 Å². The number of nitrogens with one attached hydrogen (secondary N) is 1. The summed E-state index contributed by atoms with van der Waals surface area (Å²) in [6.07, 6.45) is 3.07. The zero-order valence-corrected chi connectivity index (χ0v) is 28.7. The molecule has 244 valence electrons. The second-order valence-corrected chi connectivity index (χ2v) is 14.2. The van der Waals surface area contributed by atoms with E-state index >= 15 is 0 Å². The summed E-state index contributed by atoms with van der Waals surface area (Å²) in [6.45, 7) is 6.79. The van der Waals surface area contributed by atoms with Gasteiger partial charge in [-0.25, -0.2) is 13.2 Å². The highest BCUT2D eigenvalue weighted by atomic mass is 127. The molecule has 1 fully saturated rings. The predicted molar refractivity (Wildman–Crippen MR) is 176 cm³/mol. The maximum Gasteiger partial charge on any atom is 0.297 e. The van der Waals surface area contributed by atoms with E-state index in [1.807, 2.05) is 48.6 Å². The fourth-order valence-electron chi connectivity index (χ4n) is 5.58. The number of hydrogen-bond acceptors (Lipinski definition) is 6. The van der Waals surface area contributed by atoms with Crippen LogP contribution in [0.5, 0.6) is 0 Å². The molecule has 45 heavy (non-hydrogen) atoms. The molecule has 3 aromatic carbocycles. The summed E-state index contributed by atoms with van der Waals surface area (Å²) in [5, 5.41) is 13.8. The van der Waals surface area contributed by atoms with Crippen molar-refractivity contribution in [1.82, 2.24) is 4.90 Å². The van der Waals surface area contributed by atoms with E-state index in [1.54, 1.807) is 6.07 Å². The van der Waals surface area contributed by atoms with Gasteiger partial charge in [0.15, 0.2) is 11.6 Å². The molecule has 0 radical (unpaired) electrons. The molecule has 12 heteroatoms. The molecular formula is C33H38F3IN2O5S. The van der Waals surface area contributed by atoms with Crippen LogP contribution in [-0.2, 0) is 33.6 Å². The lowest BCUT2D eigenvalue weighted by molar-refractivity contribution is -0.135. The van der Waals surface area contributed by atoms with E-state index in [0.29, 0.717) is 27.5 Å². The fourth-order valence-corrected chi connectivity index (χ4v) is 7.65. The van der Waals surface area contributed by atoms with Gasteiger partial charge in [-0.05, 0) is 95.8 Å². The van der Waals surface area contributed by atoms with Gasteiger partial charge in [0.25, 0.3) is 16.0 Å². The zero-order chi connectivity index (χ0) is 33.1. The van der Waals surface area contributed by atoms with E-state index in [4.69, 9.17) is 4.18 Å². The van der Waals surface area contributed by atoms with Gasteiger partial charge in [-0.3, -0.25) is 8.98 Å². The quantitative estimate of drug-likeness (QED) is 0.141. The number of halogens is 4. The van der Waals surface area contributed by atoms with E-state index in [2.05, 4.69) is 12.2 Å². The summed E-state index contributed by atoms with van der Waals surface area (Å²) in [4.78, 5) is 14.7. The summed E-state index contributed by atoms with van der Waals surface area (Å²) in [6, 6.07) is 9.79. The number of hydrogen-bond donors (Lipinski definition) is 2. The number of nitrogens with zero attached hydrogens (tertiary/aromatic N) is 1. The Morgan fingerprint density at radius 2 is 1.58 bits per heavy atom. The van der Waals surface area contributed by atoms with Crippen LogP contribution in [0.1, 0.15) is 74.0 Å². The summed E-state index contributed by atoms with van der Waals surface area (Å²) in [7, 11) is -4.31. The van der Waals surface area contributed by atoms with Gasteiger partial charge < -0.3 is 15.3 Å². The number of aliphatic hydroxyl groups is 1. The molecule has 1 amide bonds. The third kappa shape index (κ3) is 7.66. The van der Waals surface area contributed by atoms with Gasteiger partial charge in [0.1, 0.15) is 22.4 Å². The van der Waals surface area contributed by atoms with Gasteiger partial charge in [-0.2, -0.15) is 8.42 Å². The van der Waals surface area contributed by atoms with Crippen LogP contribution < -0.4 is 5.32 Å². The van der Waals surface area contributed by atoms with Gasteiger partial charge in [-0.1, -0.05) is 52.2 Å². The predicted octanol–water partition coefficient (Wildman–Crippen LogP) is 7.29. The Bertz CT molecular complexity index is 1650. The second kappa shape index (κ2) is 14.4. The van der Waals surface area contributed by atoms with Crippen molar-refractivity contribution in [2.75, 3.05) is 18.4 Å². The van der Waals surface area contributed by atoms with Gasteiger partial charge in [0.2, 0.25) is 0 Å². The lowest BCUT2D eigenvalue weighted by Gasteiger charge is -2.49. The van der Waals surface area contributed by atoms with Crippen LogP contribution in [-0.4, -0.2) is 49.1 Å². The summed E-state index contributed by atoms with van der Waals surface area (Å²) >= 11 is 1.90. The molecule has 3 aromatic rings. The maximum atomic E-state index is 14.9. The standard InChI is InChI=1S/C33H38F3IN2O5S/c1-5-8-21-15-22(9-6-2)31(23(16-21)10-7-3)45(42,43)44-20(4)33(41)18-39(19-33)32(40)25-12-13-26(34)29(36)30(25)38-28-14-11-24(37)17-27(28)35/h11-17,20,38,41H,5-10,18-19H2,1-4H3. The lowest BCUT2D eigenvalue weighted by atomic mass is 9.88. The monoisotopic (exact) mass is 758 g/mol. The molecule has 1 unspecified atom stereocenters. The Kier molecular flexibility index (Phi) is 11.3. The van der Waals surface area contributed by atoms with Crippen molar-refractivity contribution in [3.63, 3.8) is 0 Å². The summed E-state index contributed by atoms with van der Waals surface area (Å²) < 4.78 is 77.3. The van der Waals surface area contributed by atoms with Gasteiger partial charge in [-0.15, -0.1) is 0 Å². The molecule has 0 aromatic heterocycles. The number of β-amino-alcohol motifs (C(OH)–C–C–N with tert-alkyl or cyclic N) is 1. The highest BCUT2D eigenvalue weighted by Gasteiger charge is 2.50. The Balaban J connectivity index is 1.56. The first-order valence-electron chi connectivity index (χ1n) is 15.0. The molecule has 7 nitrogen and oxygen atoms in total. The normalized spacial score (nSPS) is 15.1. The number of aryl methyl sites for hydroxylation is 3. The molecule has 1 atom stereocenters. The zero-order valence-electron chi connectivity index (χ0n) is 25.7. The highest BCUT2D eigenvalue weighted by Crippen LogP contribution is 2.35. The largest absolute Gasteiger partial charge is 0.383 e. The van der Waals surface area contributed by atoms with E-state index in [-0.39, 0.29) is 29.2 Å². The number of likely N-dealkylation sites (tertiary alicyclic amines) is 1. The molecule has 4 rings (SSSR count). The van der Waals surface area contributed by atoms with Crippen LogP contribution in [0, 0.1) is 21.0 Å². The van der Waals surface area contributed by atoms with Crippen LogP contribution in [0.25, 0.3) is 0 Å². The highest BCUT2D eigenvalue weighted by molar-refractivity contribution is 14.1. The van der Waals surface area contributed by atoms with Crippen molar-refractivity contribution in [2.24, 2.45) is 0 Å². The van der Waals surface area contributed by atoms with E-state index < -0.39 is 50.9 Å². The minimum Gasteiger partial charge on any atom is -0.383 e. The molecule has 1 saturated heterocycles. The average molecular weight is 759 g/mol. The Morgan fingerprint density at radius 1 is 0.978 bits per heavy atom. The SMILES string of the molecule is CCCc1cc(CCC)c(S(=O)(=O)OC(C)C2(O)CN(C(=O)c3ccc(F)c(F)c3Nc3ccc(I)cc3F)C2)c(CCC)c1. The number of anilines is 2. The lowest BCUT2D eigenvalue weighted by Crippen LogP contribution is -2.68. The van der Waals surface area contributed by atoms with Gasteiger partial charge in [0, 0.05) is 3.57 Å².